The van der Waals surface area contributed by atoms with Gasteiger partial charge in [-0.1, -0.05) is 19.3 Å². The van der Waals surface area contributed by atoms with Crippen LogP contribution < -0.4 is 0 Å². The fourth-order valence-corrected chi connectivity index (χ4v) is 3.30. The molecular formula is C14H24O2. The molecule has 0 N–H and O–H groups in total. The molecule has 0 aromatic rings. The number of carbonyl (C=O) groups is 1. The molecule has 2 rings (SSSR count). The Morgan fingerprint density at radius 2 is 1.75 bits per heavy atom. The Morgan fingerprint density at radius 3 is 2.44 bits per heavy atom. The number of hydrogen-bond donors (Lipinski definition) is 0. The molecule has 3 atom stereocenters. The molecule has 2 aliphatic carbocycles. The summed E-state index contributed by atoms with van der Waals surface area (Å²) in [4.78, 5) is 12.0. The summed E-state index contributed by atoms with van der Waals surface area (Å²) < 4.78 is 5.49. The largest absolute Gasteiger partial charge is 0.460 e. The Bertz CT molecular complexity index is 264. The summed E-state index contributed by atoms with van der Waals surface area (Å²) in [6.45, 7) is 5.85. The number of carbonyl (C=O) groups excluding carboxylic acids is 1. The van der Waals surface area contributed by atoms with E-state index in [-0.39, 0.29) is 17.5 Å². The van der Waals surface area contributed by atoms with Crippen LogP contribution in [0.25, 0.3) is 0 Å². The van der Waals surface area contributed by atoms with Gasteiger partial charge in [-0.3, -0.25) is 4.79 Å². The standard InChI is InChI=1S/C14H24O2/c1-14(2,3)16-13(15)12-8-7-10-5-4-6-11(10)9-12/h10-12H,4-9H2,1-3H3. The van der Waals surface area contributed by atoms with Crippen molar-refractivity contribution in [2.75, 3.05) is 0 Å². The summed E-state index contributed by atoms with van der Waals surface area (Å²) in [6, 6.07) is 0. The molecule has 0 saturated heterocycles. The van der Waals surface area contributed by atoms with Crippen molar-refractivity contribution >= 4 is 5.97 Å². The summed E-state index contributed by atoms with van der Waals surface area (Å²) in [5.74, 6) is 1.95. The maximum absolute atomic E-state index is 12.0. The summed E-state index contributed by atoms with van der Waals surface area (Å²) in [5, 5.41) is 0. The maximum atomic E-state index is 12.0. The molecule has 3 unspecified atom stereocenters. The fourth-order valence-electron chi connectivity index (χ4n) is 3.30. The predicted molar refractivity (Wildman–Crippen MR) is 64.0 cm³/mol. The highest BCUT2D eigenvalue weighted by Crippen LogP contribution is 2.44. The van der Waals surface area contributed by atoms with E-state index in [1.807, 2.05) is 20.8 Å². The Hall–Kier alpha value is -0.530. The summed E-state index contributed by atoms with van der Waals surface area (Å²) in [6.07, 6.45) is 7.48. The lowest BCUT2D eigenvalue weighted by Crippen LogP contribution is -2.32. The van der Waals surface area contributed by atoms with Crippen LogP contribution in [0.2, 0.25) is 0 Å². The fraction of sp³-hybridized carbons (Fsp3) is 0.929. The molecule has 0 aromatic heterocycles. The third kappa shape index (κ3) is 2.78. The van der Waals surface area contributed by atoms with E-state index in [0.717, 1.165) is 24.7 Å². The number of hydrogen-bond acceptors (Lipinski definition) is 2. The van der Waals surface area contributed by atoms with E-state index in [4.69, 9.17) is 4.74 Å². The third-order valence-electron chi connectivity index (χ3n) is 4.03. The molecule has 0 aromatic carbocycles. The van der Waals surface area contributed by atoms with Crippen LogP contribution in [0.4, 0.5) is 0 Å². The molecule has 0 heterocycles. The molecule has 2 aliphatic rings. The van der Waals surface area contributed by atoms with Gasteiger partial charge in [-0.05, 0) is 51.9 Å². The molecule has 0 spiro atoms. The molecule has 2 heteroatoms. The first-order valence-corrected chi connectivity index (χ1v) is 6.68. The van der Waals surface area contributed by atoms with Gasteiger partial charge >= 0.3 is 5.97 Å². The van der Waals surface area contributed by atoms with Crippen molar-refractivity contribution in [2.24, 2.45) is 17.8 Å². The van der Waals surface area contributed by atoms with Crippen molar-refractivity contribution in [3.8, 4) is 0 Å². The highest BCUT2D eigenvalue weighted by molar-refractivity contribution is 5.73. The van der Waals surface area contributed by atoms with Gasteiger partial charge in [0.2, 0.25) is 0 Å². The van der Waals surface area contributed by atoms with Crippen LogP contribution in [0.15, 0.2) is 0 Å². The summed E-state index contributed by atoms with van der Waals surface area (Å²) in [7, 11) is 0. The molecule has 2 saturated carbocycles. The Labute approximate surface area is 98.7 Å². The predicted octanol–water partition coefficient (Wildman–Crippen LogP) is 3.54. The maximum Gasteiger partial charge on any atom is 0.309 e. The lowest BCUT2D eigenvalue weighted by Gasteiger charge is -2.32. The zero-order valence-electron chi connectivity index (χ0n) is 10.8. The van der Waals surface area contributed by atoms with Crippen LogP contribution in [0.5, 0.6) is 0 Å². The van der Waals surface area contributed by atoms with Crippen LogP contribution in [0.1, 0.15) is 59.3 Å². The zero-order valence-corrected chi connectivity index (χ0v) is 10.8. The van der Waals surface area contributed by atoms with Gasteiger partial charge in [0.1, 0.15) is 5.60 Å². The van der Waals surface area contributed by atoms with Gasteiger partial charge in [0, 0.05) is 0 Å². The van der Waals surface area contributed by atoms with E-state index >= 15 is 0 Å². The Kier molecular flexibility index (Phi) is 3.27. The van der Waals surface area contributed by atoms with Gasteiger partial charge in [-0.2, -0.15) is 0 Å². The first kappa shape index (κ1) is 11.9. The first-order valence-electron chi connectivity index (χ1n) is 6.68. The molecule has 2 fully saturated rings. The molecule has 0 aliphatic heterocycles. The summed E-state index contributed by atoms with van der Waals surface area (Å²) in [5.41, 5.74) is -0.330. The molecule has 0 bridgehead atoms. The van der Waals surface area contributed by atoms with Crippen LogP contribution >= 0.6 is 0 Å². The van der Waals surface area contributed by atoms with Gasteiger partial charge in [0.05, 0.1) is 5.92 Å². The van der Waals surface area contributed by atoms with E-state index < -0.39 is 0 Å². The van der Waals surface area contributed by atoms with Gasteiger partial charge in [-0.25, -0.2) is 0 Å². The topological polar surface area (TPSA) is 26.3 Å². The average Bonchev–Trinajstić information content (AvgIpc) is 2.61. The highest BCUT2D eigenvalue weighted by atomic mass is 16.6. The highest BCUT2D eigenvalue weighted by Gasteiger charge is 2.37. The Balaban J connectivity index is 1.89. The lowest BCUT2D eigenvalue weighted by molar-refractivity contribution is -0.162. The van der Waals surface area contributed by atoms with Gasteiger partial charge in [-0.15, -0.1) is 0 Å². The second-order valence-corrected chi connectivity index (χ2v) is 6.49. The van der Waals surface area contributed by atoms with E-state index in [1.165, 1.54) is 25.7 Å². The number of esters is 1. The summed E-state index contributed by atoms with van der Waals surface area (Å²) >= 11 is 0. The Morgan fingerprint density at radius 1 is 1.06 bits per heavy atom. The minimum Gasteiger partial charge on any atom is -0.460 e. The molecule has 16 heavy (non-hydrogen) atoms. The van der Waals surface area contributed by atoms with Gasteiger partial charge in [0.25, 0.3) is 0 Å². The van der Waals surface area contributed by atoms with Crippen molar-refractivity contribution in [1.82, 2.24) is 0 Å². The molecule has 92 valence electrons. The number of ether oxygens (including phenoxy) is 1. The van der Waals surface area contributed by atoms with Gasteiger partial charge in [0.15, 0.2) is 0 Å². The van der Waals surface area contributed by atoms with Crippen LogP contribution in [-0.4, -0.2) is 11.6 Å². The van der Waals surface area contributed by atoms with Crippen LogP contribution in [-0.2, 0) is 9.53 Å². The normalized spacial score (nSPS) is 34.6. The van der Waals surface area contributed by atoms with Crippen molar-refractivity contribution < 1.29 is 9.53 Å². The second kappa shape index (κ2) is 4.38. The molecule has 0 radical (unpaired) electrons. The van der Waals surface area contributed by atoms with Crippen molar-refractivity contribution in [3.63, 3.8) is 0 Å². The van der Waals surface area contributed by atoms with E-state index in [0.29, 0.717) is 0 Å². The van der Waals surface area contributed by atoms with E-state index in [2.05, 4.69) is 0 Å². The molecule has 2 nitrogen and oxygen atoms in total. The van der Waals surface area contributed by atoms with Crippen molar-refractivity contribution in [2.45, 2.75) is 64.9 Å². The smallest absolute Gasteiger partial charge is 0.309 e. The van der Waals surface area contributed by atoms with Crippen molar-refractivity contribution in [3.05, 3.63) is 0 Å². The van der Waals surface area contributed by atoms with Crippen LogP contribution in [0, 0.1) is 17.8 Å². The number of rotatable bonds is 1. The SMILES string of the molecule is CC(C)(C)OC(=O)C1CCC2CCCC2C1. The second-order valence-electron chi connectivity index (χ2n) is 6.49. The first-order chi connectivity index (χ1) is 7.46. The van der Waals surface area contributed by atoms with E-state index in [9.17, 15) is 4.79 Å². The molecular weight excluding hydrogens is 200 g/mol. The third-order valence-corrected chi connectivity index (χ3v) is 4.03. The average molecular weight is 224 g/mol. The van der Waals surface area contributed by atoms with Gasteiger partial charge < -0.3 is 4.74 Å². The minimum absolute atomic E-state index is 0.0397. The van der Waals surface area contributed by atoms with E-state index in [1.54, 1.807) is 0 Å². The monoisotopic (exact) mass is 224 g/mol. The minimum atomic E-state index is -0.330. The number of fused-ring (bicyclic) bond motifs is 1. The molecule has 0 amide bonds. The lowest BCUT2D eigenvalue weighted by atomic mass is 9.76. The van der Waals surface area contributed by atoms with Crippen molar-refractivity contribution in [1.29, 1.82) is 0 Å². The quantitative estimate of drug-likeness (QED) is 0.637. The zero-order chi connectivity index (χ0) is 11.8. The van der Waals surface area contributed by atoms with Crippen LogP contribution in [0.3, 0.4) is 0 Å².